The van der Waals surface area contributed by atoms with E-state index in [0.717, 1.165) is 6.42 Å². The van der Waals surface area contributed by atoms with E-state index in [0.29, 0.717) is 23.6 Å². The summed E-state index contributed by atoms with van der Waals surface area (Å²) in [5.41, 5.74) is 2.23. The lowest BCUT2D eigenvalue weighted by Crippen LogP contribution is -2.30. The molecule has 2 rings (SSSR count). The summed E-state index contributed by atoms with van der Waals surface area (Å²) in [6, 6.07) is 14.2. The molecule has 5 heteroatoms. The molecule has 0 saturated carbocycles. The Labute approximate surface area is 148 Å². The molecular weight excluding hydrogens is 318 g/mol. The van der Waals surface area contributed by atoms with Crippen molar-refractivity contribution >= 4 is 17.6 Å². The molecule has 5 nitrogen and oxygen atoms in total. The van der Waals surface area contributed by atoms with E-state index in [1.807, 2.05) is 31.2 Å². The first kappa shape index (κ1) is 18.5. The third kappa shape index (κ3) is 5.35. The Morgan fingerprint density at radius 1 is 1.00 bits per heavy atom. The van der Waals surface area contributed by atoms with E-state index >= 15 is 0 Å². The molecule has 0 bridgehead atoms. The molecule has 0 saturated heterocycles. The van der Waals surface area contributed by atoms with Crippen molar-refractivity contribution < 1.29 is 19.1 Å². The molecule has 1 amide bonds. The minimum atomic E-state index is -0.898. The fourth-order valence-corrected chi connectivity index (χ4v) is 2.20. The lowest BCUT2D eigenvalue weighted by Gasteiger charge is -2.14. The number of hydrogen-bond donors (Lipinski definition) is 1. The number of benzene rings is 2. The zero-order chi connectivity index (χ0) is 18.2. The number of anilines is 1. The van der Waals surface area contributed by atoms with Gasteiger partial charge in [-0.1, -0.05) is 19.1 Å². The summed E-state index contributed by atoms with van der Waals surface area (Å²) < 4.78 is 10.5. The summed E-state index contributed by atoms with van der Waals surface area (Å²) in [4.78, 5) is 24.3. The van der Waals surface area contributed by atoms with Gasteiger partial charge in [0.2, 0.25) is 0 Å². The van der Waals surface area contributed by atoms with Crippen LogP contribution in [-0.2, 0) is 16.0 Å². The first-order chi connectivity index (χ1) is 12.0. The average molecular weight is 341 g/mol. The first-order valence-corrected chi connectivity index (χ1v) is 8.37. The third-order valence-electron chi connectivity index (χ3n) is 3.68. The van der Waals surface area contributed by atoms with Crippen molar-refractivity contribution in [1.82, 2.24) is 0 Å². The quantitative estimate of drug-likeness (QED) is 0.777. The van der Waals surface area contributed by atoms with Gasteiger partial charge in [0.15, 0.2) is 6.10 Å². The molecule has 1 N–H and O–H groups in total. The van der Waals surface area contributed by atoms with E-state index in [2.05, 4.69) is 12.2 Å². The maximum Gasteiger partial charge on any atom is 0.338 e. The first-order valence-electron chi connectivity index (χ1n) is 8.37. The molecular formula is C20H23NO4. The van der Waals surface area contributed by atoms with Crippen LogP contribution >= 0.6 is 0 Å². The lowest BCUT2D eigenvalue weighted by molar-refractivity contribution is -0.123. The number of amides is 1. The Morgan fingerprint density at radius 3 is 2.20 bits per heavy atom. The Balaban J connectivity index is 1.91. The minimum absolute atomic E-state index is 0.371. The van der Waals surface area contributed by atoms with Crippen LogP contribution < -0.4 is 10.1 Å². The largest absolute Gasteiger partial charge is 0.494 e. The van der Waals surface area contributed by atoms with E-state index < -0.39 is 12.1 Å². The summed E-state index contributed by atoms with van der Waals surface area (Å²) in [6.45, 7) is 6.05. The number of ether oxygens (including phenoxy) is 2. The zero-order valence-electron chi connectivity index (χ0n) is 14.7. The fourth-order valence-electron chi connectivity index (χ4n) is 2.20. The van der Waals surface area contributed by atoms with Crippen LogP contribution in [0.15, 0.2) is 48.5 Å². The summed E-state index contributed by atoms with van der Waals surface area (Å²) >= 11 is 0. The Bertz CT molecular complexity index is 707. The van der Waals surface area contributed by atoms with Gasteiger partial charge in [0.25, 0.3) is 5.91 Å². The van der Waals surface area contributed by atoms with Crippen LogP contribution in [0.25, 0.3) is 0 Å². The second-order valence-electron chi connectivity index (χ2n) is 5.54. The smallest absolute Gasteiger partial charge is 0.338 e. The van der Waals surface area contributed by atoms with Crippen molar-refractivity contribution in [2.75, 3.05) is 11.9 Å². The number of hydrogen-bond acceptors (Lipinski definition) is 4. The maximum atomic E-state index is 12.2. The zero-order valence-corrected chi connectivity index (χ0v) is 14.7. The van der Waals surface area contributed by atoms with Crippen molar-refractivity contribution in [3.05, 3.63) is 59.7 Å². The van der Waals surface area contributed by atoms with Gasteiger partial charge in [-0.05, 0) is 62.2 Å². The summed E-state index contributed by atoms with van der Waals surface area (Å²) in [7, 11) is 0. The molecule has 0 fully saturated rings. The second-order valence-corrected chi connectivity index (χ2v) is 5.54. The van der Waals surface area contributed by atoms with E-state index in [1.165, 1.54) is 5.56 Å². The summed E-state index contributed by atoms with van der Waals surface area (Å²) in [5, 5.41) is 2.74. The van der Waals surface area contributed by atoms with Gasteiger partial charge in [0.1, 0.15) is 5.75 Å². The molecule has 0 aliphatic rings. The standard InChI is InChI=1S/C20H23NO4/c1-4-15-6-10-17(11-7-15)21-19(22)14(3)25-20(23)16-8-12-18(13-9-16)24-5-2/h6-14H,4-5H2,1-3H3,(H,21,22). The fraction of sp³-hybridized carbons (Fsp3) is 0.300. The Hall–Kier alpha value is -2.82. The highest BCUT2D eigenvalue weighted by Gasteiger charge is 2.19. The molecule has 2 aromatic carbocycles. The van der Waals surface area contributed by atoms with Crippen molar-refractivity contribution in [3.8, 4) is 5.75 Å². The lowest BCUT2D eigenvalue weighted by atomic mass is 10.1. The molecule has 0 aliphatic carbocycles. The number of nitrogens with one attached hydrogen (secondary N) is 1. The van der Waals surface area contributed by atoms with Crippen molar-refractivity contribution in [2.24, 2.45) is 0 Å². The summed E-state index contributed by atoms with van der Waals surface area (Å²) in [6.07, 6.45) is 0.0366. The average Bonchev–Trinajstić information content (AvgIpc) is 2.63. The highest BCUT2D eigenvalue weighted by molar-refractivity contribution is 5.97. The monoisotopic (exact) mass is 341 g/mol. The maximum absolute atomic E-state index is 12.2. The van der Waals surface area contributed by atoms with Crippen LogP contribution in [0.2, 0.25) is 0 Å². The molecule has 25 heavy (non-hydrogen) atoms. The molecule has 0 aromatic heterocycles. The van der Waals surface area contributed by atoms with Gasteiger partial charge in [-0.15, -0.1) is 0 Å². The predicted molar refractivity (Wildman–Crippen MR) is 96.9 cm³/mol. The van der Waals surface area contributed by atoms with E-state index in [-0.39, 0.29) is 5.91 Å². The number of carbonyl (C=O) groups excluding carboxylic acids is 2. The van der Waals surface area contributed by atoms with Crippen LogP contribution in [0.4, 0.5) is 5.69 Å². The SMILES string of the molecule is CCOc1ccc(C(=O)OC(C)C(=O)Nc2ccc(CC)cc2)cc1. The normalized spacial score (nSPS) is 11.5. The predicted octanol–water partition coefficient (Wildman–Crippen LogP) is 3.83. The van der Waals surface area contributed by atoms with Crippen LogP contribution in [0.3, 0.4) is 0 Å². The Kier molecular flexibility index (Phi) is 6.57. The van der Waals surface area contributed by atoms with Crippen LogP contribution in [0.5, 0.6) is 5.75 Å². The number of rotatable bonds is 7. The molecule has 1 atom stereocenters. The van der Waals surface area contributed by atoms with Gasteiger partial charge >= 0.3 is 5.97 Å². The molecule has 0 aliphatic heterocycles. The van der Waals surface area contributed by atoms with Crippen molar-refractivity contribution in [1.29, 1.82) is 0 Å². The number of carbonyl (C=O) groups is 2. The van der Waals surface area contributed by atoms with E-state index in [4.69, 9.17) is 9.47 Å². The van der Waals surface area contributed by atoms with Gasteiger partial charge in [-0.3, -0.25) is 4.79 Å². The topological polar surface area (TPSA) is 64.6 Å². The number of esters is 1. The van der Waals surface area contributed by atoms with Crippen LogP contribution in [0.1, 0.15) is 36.7 Å². The van der Waals surface area contributed by atoms with Gasteiger partial charge in [-0.2, -0.15) is 0 Å². The van der Waals surface area contributed by atoms with Gasteiger partial charge in [0, 0.05) is 5.69 Å². The Morgan fingerprint density at radius 2 is 1.64 bits per heavy atom. The van der Waals surface area contributed by atoms with Crippen LogP contribution in [0, 0.1) is 0 Å². The highest BCUT2D eigenvalue weighted by atomic mass is 16.5. The molecule has 1 unspecified atom stereocenters. The molecule has 2 aromatic rings. The summed E-state index contributed by atoms with van der Waals surface area (Å²) in [5.74, 6) is -0.240. The van der Waals surface area contributed by atoms with E-state index in [1.54, 1.807) is 31.2 Å². The van der Waals surface area contributed by atoms with Crippen molar-refractivity contribution in [2.45, 2.75) is 33.3 Å². The number of aryl methyl sites for hydroxylation is 1. The molecule has 0 heterocycles. The van der Waals surface area contributed by atoms with E-state index in [9.17, 15) is 9.59 Å². The molecule has 132 valence electrons. The highest BCUT2D eigenvalue weighted by Crippen LogP contribution is 2.14. The molecule has 0 spiro atoms. The third-order valence-corrected chi connectivity index (χ3v) is 3.68. The van der Waals surface area contributed by atoms with Crippen molar-refractivity contribution in [3.63, 3.8) is 0 Å². The van der Waals surface area contributed by atoms with Crippen LogP contribution in [-0.4, -0.2) is 24.6 Å². The van der Waals surface area contributed by atoms with Gasteiger partial charge in [-0.25, -0.2) is 4.79 Å². The molecule has 0 radical (unpaired) electrons. The van der Waals surface area contributed by atoms with Gasteiger partial charge in [0.05, 0.1) is 12.2 Å². The minimum Gasteiger partial charge on any atom is -0.494 e. The van der Waals surface area contributed by atoms with Gasteiger partial charge < -0.3 is 14.8 Å². The second kappa shape index (κ2) is 8.87.